The summed E-state index contributed by atoms with van der Waals surface area (Å²) < 4.78 is 2.65. The van der Waals surface area contributed by atoms with Crippen LogP contribution in [0.5, 0.6) is 0 Å². The molecule has 1 aromatic heterocycles. The molecule has 2 aliphatic rings. The van der Waals surface area contributed by atoms with Crippen LogP contribution in [0.15, 0.2) is 237 Å². The van der Waals surface area contributed by atoms with Crippen LogP contribution in [0.4, 0.5) is 17.1 Å². The van der Waals surface area contributed by atoms with E-state index in [4.69, 9.17) is 0 Å². The van der Waals surface area contributed by atoms with Gasteiger partial charge in [-0.15, -0.1) is 11.3 Å². The van der Waals surface area contributed by atoms with Crippen LogP contribution >= 0.6 is 11.3 Å². The Kier molecular flexibility index (Phi) is 8.06. The molecule has 0 saturated heterocycles. The summed E-state index contributed by atoms with van der Waals surface area (Å²) in [6.07, 6.45) is 0. The molecule has 1 heterocycles. The van der Waals surface area contributed by atoms with Crippen molar-refractivity contribution < 1.29 is 0 Å². The van der Waals surface area contributed by atoms with Gasteiger partial charge in [-0.25, -0.2) is 0 Å². The van der Waals surface area contributed by atoms with Gasteiger partial charge >= 0.3 is 0 Å². The number of thiophene rings is 1. The summed E-state index contributed by atoms with van der Waals surface area (Å²) in [5.74, 6) is 0. The van der Waals surface area contributed by atoms with Gasteiger partial charge in [-0.2, -0.15) is 0 Å². The second-order valence-electron chi connectivity index (χ2n) is 16.8. The van der Waals surface area contributed by atoms with Crippen LogP contribution in [-0.4, -0.2) is 0 Å². The number of hydrogen-bond donors (Lipinski definition) is 0. The van der Waals surface area contributed by atoms with Crippen molar-refractivity contribution in [3.63, 3.8) is 0 Å². The third kappa shape index (κ3) is 5.42. The Balaban J connectivity index is 0.966. The van der Waals surface area contributed by atoms with Crippen LogP contribution < -0.4 is 4.90 Å². The predicted molar refractivity (Wildman–Crippen MR) is 267 cm³/mol. The topological polar surface area (TPSA) is 3.24 Å². The van der Waals surface area contributed by atoms with Crippen molar-refractivity contribution in [2.24, 2.45) is 0 Å². The maximum absolute atomic E-state index is 2.48. The zero-order valence-corrected chi connectivity index (χ0v) is 35.2. The molecule has 0 atom stereocenters. The van der Waals surface area contributed by atoms with E-state index in [0.29, 0.717) is 0 Å². The number of nitrogens with zero attached hydrogens (tertiary/aromatic N) is 1. The van der Waals surface area contributed by atoms with E-state index in [9.17, 15) is 0 Å². The summed E-state index contributed by atoms with van der Waals surface area (Å²) in [6.45, 7) is 0. The van der Waals surface area contributed by atoms with Crippen molar-refractivity contribution >= 4 is 48.6 Å². The minimum absolute atomic E-state index is 0.427. The summed E-state index contributed by atoms with van der Waals surface area (Å²) in [7, 11) is 0. The SMILES string of the molecule is c1ccc(-c2ccc(-c3ccc(N(c4ccc(-c5cccc6c5sc5ccccc56)cc4)c4ccc5c(c4)C4(c6ccccc6-c6ccccc64)c4ccccc4-5)cc3)cc2)cc1. The third-order valence-electron chi connectivity index (χ3n) is 13.5. The van der Waals surface area contributed by atoms with E-state index >= 15 is 0 Å². The monoisotopic (exact) mass is 817 g/mol. The Labute approximate surface area is 371 Å². The minimum atomic E-state index is -0.427. The molecule has 0 N–H and O–H groups in total. The molecule has 2 heteroatoms. The molecule has 1 nitrogen and oxygen atoms in total. The van der Waals surface area contributed by atoms with Gasteiger partial charge in [0.25, 0.3) is 0 Å². The Bertz CT molecular complexity index is 3480. The van der Waals surface area contributed by atoms with E-state index < -0.39 is 5.41 Å². The van der Waals surface area contributed by atoms with Gasteiger partial charge in [0.15, 0.2) is 0 Å². The van der Waals surface area contributed by atoms with Gasteiger partial charge in [0.05, 0.1) is 5.41 Å². The van der Waals surface area contributed by atoms with Crippen LogP contribution in [0, 0.1) is 0 Å². The molecular formula is C61H39NS. The second-order valence-corrected chi connectivity index (χ2v) is 17.8. The molecule has 13 rings (SSSR count). The molecule has 10 aromatic carbocycles. The quantitative estimate of drug-likeness (QED) is 0.162. The van der Waals surface area contributed by atoms with E-state index in [-0.39, 0.29) is 0 Å². The first-order valence-corrected chi connectivity index (χ1v) is 22.6. The average molecular weight is 818 g/mol. The van der Waals surface area contributed by atoms with Gasteiger partial charge in [0.2, 0.25) is 0 Å². The number of hydrogen-bond acceptors (Lipinski definition) is 2. The highest BCUT2D eigenvalue weighted by atomic mass is 32.1. The first-order chi connectivity index (χ1) is 31.2. The maximum Gasteiger partial charge on any atom is 0.0726 e. The second kappa shape index (κ2) is 14.1. The molecule has 0 aliphatic heterocycles. The van der Waals surface area contributed by atoms with Crippen molar-refractivity contribution in [1.82, 2.24) is 0 Å². The molecular weight excluding hydrogens is 779 g/mol. The van der Waals surface area contributed by atoms with Crippen LogP contribution in [-0.2, 0) is 5.41 Å². The van der Waals surface area contributed by atoms with Gasteiger partial charge in [0.1, 0.15) is 0 Å². The van der Waals surface area contributed by atoms with Crippen LogP contribution in [0.2, 0.25) is 0 Å². The van der Waals surface area contributed by atoms with Crippen LogP contribution in [0.3, 0.4) is 0 Å². The van der Waals surface area contributed by atoms with E-state index in [0.717, 1.165) is 17.1 Å². The van der Waals surface area contributed by atoms with Crippen molar-refractivity contribution in [1.29, 1.82) is 0 Å². The van der Waals surface area contributed by atoms with Crippen molar-refractivity contribution in [3.05, 3.63) is 259 Å². The van der Waals surface area contributed by atoms with Gasteiger partial charge < -0.3 is 4.90 Å². The number of benzene rings is 10. The summed E-state index contributed by atoms with van der Waals surface area (Å²) in [4.78, 5) is 2.44. The van der Waals surface area contributed by atoms with Gasteiger partial charge in [-0.3, -0.25) is 0 Å². The van der Waals surface area contributed by atoms with Crippen molar-refractivity contribution in [2.45, 2.75) is 5.41 Å². The first-order valence-electron chi connectivity index (χ1n) is 21.7. The molecule has 0 unspecified atom stereocenters. The summed E-state index contributed by atoms with van der Waals surface area (Å²) in [5, 5.41) is 2.64. The smallest absolute Gasteiger partial charge is 0.0726 e. The highest BCUT2D eigenvalue weighted by molar-refractivity contribution is 7.26. The number of anilines is 3. The largest absolute Gasteiger partial charge is 0.310 e. The summed E-state index contributed by atoms with van der Waals surface area (Å²) in [6, 6.07) is 87.6. The molecule has 0 saturated carbocycles. The fraction of sp³-hybridized carbons (Fsp3) is 0.0164. The molecule has 0 radical (unpaired) electrons. The van der Waals surface area contributed by atoms with Crippen molar-refractivity contribution in [3.8, 4) is 55.6 Å². The lowest BCUT2D eigenvalue weighted by molar-refractivity contribution is 0.793. The van der Waals surface area contributed by atoms with Gasteiger partial charge in [-0.05, 0) is 120 Å². The number of fused-ring (bicyclic) bond motifs is 13. The normalized spacial score (nSPS) is 12.9. The van der Waals surface area contributed by atoms with Gasteiger partial charge in [0, 0.05) is 37.2 Å². The highest BCUT2D eigenvalue weighted by Gasteiger charge is 2.51. The summed E-state index contributed by atoms with van der Waals surface area (Å²) >= 11 is 1.88. The fourth-order valence-electron chi connectivity index (χ4n) is 10.7. The molecule has 294 valence electrons. The Hall–Kier alpha value is -7.78. The first kappa shape index (κ1) is 35.9. The Morgan fingerprint density at radius 2 is 0.714 bits per heavy atom. The molecule has 11 aromatic rings. The Morgan fingerprint density at radius 3 is 1.32 bits per heavy atom. The van der Waals surface area contributed by atoms with Crippen molar-refractivity contribution in [2.75, 3.05) is 4.90 Å². The molecule has 1 spiro atoms. The van der Waals surface area contributed by atoms with E-state index in [1.807, 2.05) is 11.3 Å². The zero-order valence-electron chi connectivity index (χ0n) is 34.4. The van der Waals surface area contributed by atoms with Crippen LogP contribution in [0.25, 0.3) is 75.8 Å². The predicted octanol–water partition coefficient (Wildman–Crippen LogP) is 16.9. The number of rotatable bonds is 6. The third-order valence-corrected chi connectivity index (χ3v) is 14.8. The minimum Gasteiger partial charge on any atom is -0.310 e. The van der Waals surface area contributed by atoms with E-state index in [2.05, 4.69) is 241 Å². The molecule has 0 bridgehead atoms. The van der Waals surface area contributed by atoms with E-state index in [1.165, 1.54) is 98.1 Å². The fourth-order valence-corrected chi connectivity index (χ4v) is 12.0. The standard InChI is InChI=1S/C61H39NS/c1-2-13-40(14-3-1)41-25-27-42(28-26-41)43-29-33-45(34-30-43)62(46-35-31-44(32-36-46)48-19-12-20-54-53-18-7-11-24-59(53)63-60(48)54)47-37-38-52-51-17-6-10-23-57(51)61(58(52)39-47)55-21-8-4-15-49(55)50-16-5-9-22-56(50)61/h1-39H. The lowest BCUT2D eigenvalue weighted by Crippen LogP contribution is -2.26. The highest BCUT2D eigenvalue weighted by Crippen LogP contribution is 2.63. The Morgan fingerprint density at radius 1 is 0.286 bits per heavy atom. The van der Waals surface area contributed by atoms with E-state index in [1.54, 1.807) is 0 Å². The zero-order chi connectivity index (χ0) is 41.5. The average Bonchev–Trinajstić information content (AvgIpc) is 3.99. The van der Waals surface area contributed by atoms with Gasteiger partial charge in [-0.1, -0.05) is 194 Å². The lowest BCUT2D eigenvalue weighted by atomic mass is 9.70. The molecule has 0 amide bonds. The summed E-state index contributed by atoms with van der Waals surface area (Å²) in [5.41, 5.74) is 20.8. The lowest BCUT2D eigenvalue weighted by Gasteiger charge is -2.32. The molecule has 63 heavy (non-hydrogen) atoms. The van der Waals surface area contributed by atoms with Crippen LogP contribution in [0.1, 0.15) is 22.3 Å². The molecule has 0 fully saturated rings. The molecule has 2 aliphatic carbocycles. The maximum atomic E-state index is 2.48.